The van der Waals surface area contributed by atoms with E-state index in [4.69, 9.17) is 16.3 Å². The molecule has 0 aliphatic heterocycles. The minimum Gasteiger partial charge on any atom is -0.439 e. The maximum Gasteiger partial charge on any atom is 0.261 e. The number of nitrogens with zero attached hydrogens (tertiary/aromatic N) is 4. The Labute approximate surface area is 188 Å². The average molecular weight is 474 g/mol. The first kappa shape index (κ1) is 21.7. The third-order valence-electron chi connectivity index (χ3n) is 4.66. The van der Waals surface area contributed by atoms with Crippen LogP contribution >= 0.6 is 11.6 Å². The van der Waals surface area contributed by atoms with Gasteiger partial charge in [0.2, 0.25) is 5.88 Å². The van der Waals surface area contributed by atoms with E-state index in [2.05, 4.69) is 19.7 Å². The molecule has 2 aromatic heterocycles. The lowest BCUT2D eigenvalue weighted by molar-refractivity contribution is 0.461. The Morgan fingerprint density at radius 1 is 1.03 bits per heavy atom. The van der Waals surface area contributed by atoms with Crippen molar-refractivity contribution in [2.45, 2.75) is 18.7 Å². The van der Waals surface area contributed by atoms with E-state index < -0.39 is 15.8 Å². The summed E-state index contributed by atoms with van der Waals surface area (Å²) in [5.41, 5.74) is 2.14. The third-order valence-corrected chi connectivity index (χ3v) is 6.33. The second-order valence-electron chi connectivity index (χ2n) is 6.81. The largest absolute Gasteiger partial charge is 0.439 e. The molecule has 32 heavy (non-hydrogen) atoms. The molecule has 8 nitrogen and oxygen atoms in total. The van der Waals surface area contributed by atoms with Crippen molar-refractivity contribution in [1.82, 2.24) is 19.5 Å². The van der Waals surface area contributed by atoms with Gasteiger partial charge in [0.15, 0.2) is 0 Å². The van der Waals surface area contributed by atoms with Gasteiger partial charge in [0, 0.05) is 17.4 Å². The van der Waals surface area contributed by atoms with Crippen LogP contribution in [0, 0.1) is 19.7 Å². The van der Waals surface area contributed by atoms with Crippen LogP contribution in [0.1, 0.15) is 11.4 Å². The van der Waals surface area contributed by atoms with Crippen LogP contribution in [0.5, 0.6) is 11.6 Å². The quantitative estimate of drug-likeness (QED) is 0.437. The molecule has 0 amide bonds. The van der Waals surface area contributed by atoms with Gasteiger partial charge in [0.25, 0.3) is 10.0 Å². The molecule has 4 aromatic rings. The number of anilines is 1. The number of benzene rings is 2. The van der Waals surface area contributed by atoms with Gasteiger partial charge in [-0.25, -0.2) is 27.8 Å². The number of aromatic nitrogens is 4. The van der Waals surface area contributed by atoms with Crippen LogP contribution < -0.4 is 9.46 Å². The summed E-state index contributed by atoms with van der Waals surface area (Å²) in [6, 6.07) is 11.1. The summed E-state index contributed by atoms with van der Waals surface area (Å²) < 4.78 is 48.3. The van der Waals surface area contributed by atoms with Crippen LogP contribution in [0.3, 0.4) is 0 Å². The van der Waals surface area contributed by atoms with Gasteiger partial charge in [0.05, 0.1) is 15.6 Å². The van der Waals surface area contributed by atoms with Gasteiger partial charge in [-0.1, -0.05) is 11.6 Å². The lowest BCUT2D eigenvalue weighted by atomic mass is 10.3. The number of imidazole rings is 1. The summed E-state index contributed by atoms with van der Waals surface area (Å²) in [5.74, 6) is 0.671. The van der Waals surface area contributed by atoms with Crippen molar-refractivity contribution in [3.63, 3.8) is 0 Å². The van der Waals surface area contributed by atoms with E-state index >= 15 is 0 Å². The Kier molecular flexibility index (Phi) is 5.81. The van der Waals surface area contributed by atoms with Crippen molar-refractivity contribution in [2.24, 2.45) is 0 Å². The summed E-state index contributed by atoms with van der Waals surface area (Å²) in [4.78, 5) is 12.5. The molecule has 0 saturated heterocycles. The fourth-order valence-corrected chi connectivity index (χ4v) is 4.15. The number of aryl methyl sites for hydroxylation is 1. The predicted molar refractivity (Wildman–Crippen MR) is 117 cm³/mol. The summed E-state index contributed by atoms with van der Waals surface area (Å²) >= 11 is 5.68. The summed E-state index contributed by atoms with van der Waals surface area (Å²) in [6.07, 6.45) is 3.06. The first-order valence-electron chi connectivity index (χ1n) is 9.32. The fraction of sp³-hybridized carbons (Fsp3) is 0.0952. The van der Waals surface area contributed by atoms with Gasteiger partial charge >= 0.3 is 0 Å². The van der Waals surface area contributed by atoms with Crippen LogP contribution in [0.25, 0.3) is 5.82 Å². The van der Waals surface area contributed by atoms with E-state index in [0.29, 0.717) is 23.1 Å². The normalized spacial score (nSPS) is 11.4. The van der Waals surface area contributed by atoms with Gasteiger partial charge in [-0.3, -0.25) is 9.29 Å². The zero-order valence-electron chi connectivity index (χ0n) is 17.0. The van der Waals surface area contributed by atoms with Crippen LogP contribution in [0.4, 0.5) is 10.1 Å². The van der Waals surface area contributed by atoms with Crippen molar-refractivity contribution in [2.75, 3.05) is 4.72 Å². The molecule has 0 radical (unpaired) electrons. The van der Waals surface area contributed by atoms with E-state index in [1.807, 2.05) is 18.4 Å². The van der Waals surface area contributed by atoms with Gasteiger partial charge in [-0.15, -0.1) is 0 Å². The number of ether oxygens (including phenoxy) is 1. The molecule has 0 unspecified atom stereocenters. The zero-order valence-corrected chi connectivity index (χ0v) is 18.5. The number of halogens is 2. The van der Waals surface area contributed by atoms with E-state index in [9.17, 15) is 12.8 Å². The van der Waals surface area contributed by atoms with Crippen molar-refractivity contribution in [1.29, 1.82) is 0 Å². The smallest absolute Gasteiger partial charge is 0.261 e. The molecule has 2 heterocycles. The summed E-state index contributed by atoms with van der Waals surface area (Å²) in [6.45, 7) is 3.84. The molecule has 0 aliphatic rings. The molecule has 1 N–H and O–H groups in total. The molecular formula is C21H17ClFN5O3S. The maximum absolute atomic E-state index is 13.3. The highest BCUT2D eigenvalue weighted by atomic mass is 35.5. The molecule has 0 atom stereocenters. The molecule has 0 aliphatic carbocycles. The lowest BCUT2D eigenvalue weighted by Gasteiger charge is -2.10. The SMILES string of the molecule is Cc1ncn(-c2cc(Oc3ccc(NS(=O)(=O)c4ccc(F)c(Cl)c4)cc3)ncn2)c1C. The van der Waals surface area contributed by atoms with Gasteiger partial charge in [0.1, 0.15) is 30.0 Å². The highest BCUT2D eigenvalue weighted by Gasteiger charge is 2.16. The standard InChI is InChI=1S/C21H17ClFN5O3S/c1-13-14(2)28(12-26-13)20-10-21(25-11-24-20)31-16-5-3-15(4-6-16)27-32(29,30)17-7-8-19(23)18(22)9-17/h3-12,27H,1-2H3. The maximum atomic E-state index is 13.3. The highest BCUT2D eigenvalue weighted by Crippen LogP contribution is 2.25. The third kappa shape index (κ3) is 4.56. The Morgan fingerprint density at radius 3 is 2.44 bits per heavy atom. The first-order valence-corrected chi connectivity index (χ1v) is 11.2. The van der Waals surface area contributed by atoms with Crippen LogP contribution in [0.2, 0.25) is 5.02 Å². The molecule has 0 saturated carbocycles. The number of hydrogen-bond acceptors (Lipinski definition) is 6. The van der Waals surface area contributed by atoms with E-state index in [1.165, 1.54) is 18.5 Å². The number of sulfonamides is 1. The summed E-state index contributed by atoms with van der Waals surface area (Å²) in [5, 5.41) is -0.276. The topological polar surface area (TPSA) is 99.0 Å². The highest BCUT2D eigenvalue weighted by molar-refractivity contribution is 7.92. The minimum atomic E-state index is -3.93. The van der Waals surface area contributed by atoms with Crippen molar-refractivity contribution in [3.8, 4) is 17.4 Å². The average Bonchev–Trinajstić information content (AvgIpc) is 3.10. The molecule has 0 spiro atoms. The molecule has 0 bridgehead atoms. The molecule has 164 valence electrons. The Morgan fingerprint density at radius 2 is 1.78 bits per heavy atom. The molecule has 0 fully saturated rings. The Bertz CT molecular complexity index is 1390. The second-order valence-corrected chi connectivity index (χ2v) is 8.90. The van der Waals surface area contributed by atoms with Crippen molar-refractivity contribution < 1.29 is 17.5 Å². The van der Waals surface area contributed by atoms with Crippen LogP contribution in [-0.2, 0) is 10.0 Å². The number of nitrogens with one attached hydrogen (secondary N) is 1. The van der Waals surface area contributed by atoms with E-state index in [-0.39, 0.29) is 9.92 Å². The molecular weight excluding hydrogens is 457 g/mol. The van der Waals surface area contributed by atoms with E-state index in [0.717, 1.165) is 29.6 Å². The minimum absolute atomic E-state index is 0.150. The number of hydrogen-bond donors (Lipinski definition) is 1. The van der Waals surface area contributed by atoms with E-state index in [1.54, 1.807) is 24.5 Å². The molecule has 4 rings (SSSR count). The molecule has 2 aromatic carbocycles. The fourth-order valence-electron chi connectivity index (χ4n) is 2.82. The Balaban J connectivity index is 1.49. The zero-order chi connectivity index (χ0) is 22.9. The first-order chi connectivity index (χ1) is 15.2. The van der Waals surface area contributed by atoms with Crippen LogP contribution in [0.15, 0.2) is 66.1 Å². The van der Waals surface area contributed by atoms with Gasteiger partial charge in [-0.05, 0) is 56.3 Å². The lowest BCUT2D eigenvalue weighted by Crippen LogP contribution is -2.13. The number of rotatable bonds is 6. The van der Waals surface area contributed by atoms with Crippen LogP contribution in [-0.4, -0.2) is 27.9 Å². The second kappa shape index (κ2) is 8.56. The molecule has 11 heteroatoms. The monoisotopic (exact) mass is 473 g/mol. The van der Waals surface area contributed by atoms with Gasteiger partial charge in [-0.2, -0.15) is 0 Å². The Hall–Kier alpha value is -3.50. The van der Waals surface area contributed by atoms with Crippen molar-refractivity contribution in [3.05, 3.63) is 83.4 Å². The van der Waals surface area contributed by atoms with Gasteiger partial charge < -0.3 is 4.74 Å². The summed E-state index contributed by atoms with van der Waals surface area (Å²) in [7, 11) is -3.93. The van der Waals surface area contributed by atoms with Crippen molar-refractivity contribution >= 4 is 27.3 Å². The predicted octanol–water partition coefficient (Wildman–Crippen LogP) is 4.66.